The Labute approximate surface area is 99.3 Å². The van der Waals surface area contributed by atoms with Crippen LogP contribution in [0.15, 0.2) is 36.1 Å². The number of fused-ring (bicyclic) bond motifs is 1. The minimum Gasteiger partial charge on any atom is -0.498 e. The van der Waals surface area contributed by atoms with E-state index in [1.54, 1.807) is 14.0 Å². The van der Waals surface area contributed by atoms with Gasteiger partial charge in [-0.25, -0.2) is 9.78 Å². The summed E-state index contributed by atoms with van der Waals surface area (Å²) >= 11 is 0. The van der Waals surface area contributed by atoms with E-state index in [1.165, 1.54) is 0 Å². The minimum atomic E-state index is -1.04. The van der Waals surface area contributed by atoms with Crippen LogP contribution in [0, 0.1) is 0 Å². The predicted molar refractivity (Wildman–Crippen MR) is 59.8 cm³/mol. The highest BCUT2D eigenvalue weighted by Crippen LogP contribution is 2.51. The maximum Gasteiger partial charge on any atom is 0.210 e. The average Bonchev–Trinajstić information content (AvgIpc) is 2.39. The van der Waals surface area contributed by atoms with Gasteiger partial charge >= 0.3 is 0 Å². The van der Waals surface area contributed by atoms with Gasteiger partial charge in [0.2, 0.25) is 5.60 Å². The molecule has 2 bridgehead atoms. The molecule has 0 radical (unpaired) electrons. The van der Waals surface area contributed by atoms with Crippen LogP contribution in [0.2, 0.25) is 0 Å². The van der Waals surface area contributed by atoms with Gasteiger partial charge in [0.1, 0.15) is 11.9 Å². The van der Waals surface area contributed by atoms with Gasteiger partial charge in [-0.3, -0.25) is 0 Å². The highest BCUT2D eigenvalue weighted by molar-refractivity contribution is 5.47. The maximum atomic E-state index is 10.1. The van der Waals surface area contributed by atoms with E-state index in [1.807, 2.05) is 30.3 Å². The molecule has 4 nitrogen and oxygen atoms in total. The zero-order valence-electron chi connectivity index (χ0n) is 9.71. The molecule has 1 aromatic carbocycles. The van der Waals surface area contributed by atoms with E-state index in [0.29, 0.717) is 5.76 Å². The van der Waals surface area contributed by atoms with Crippen LogP contribution in [-0.4, -0.2) is 18.3 Å². The Morgan fingerprint density at radius 2 is 2.18 bits per heavy atom. The molecule has 0 amide bonds. The summed E-state index contributed by atoms with van der Waals surface area (Å²) in [5.74, 6) is 0.599. The molecular weight excluding hydrogens is 220 g/mol. The fraction of sp³-hybridized carbons (Fsp3) is 0.385. The molecule has 2 heterocycles. The first-order chi connectivity index (χ1) is 8.20. The SMILES string of the molecule is COC1=C[C@@H]2OO[C@@]1([C@@H](C)O)c1ccccc12. The Hall–Kier alpha value is -1.36. The minimum absolute atomic E-state index is 0.262. The second-order valence-corrected chi connectivity index (χ2v) is 4.33. The lowest BCUT2D eigenvalue weighted by Gasteiger charge is -2.46. The summed E-state index contributed by atoms with van der Waals surface area (Å²) in [6.45, 7) is 1.67. The zero-order valence-corrected chi connectivity index (χ0v) is 9.71. The van der Waals surface area contributed by atoms with Crippen molar-refractivity contribution in [2.45, 2.75) is 24.7 Å². The Bertz CT molecular complexity index is 480. The summed E-state index contributed by atoms with van der Waals surface area (Å²) in [6, 6.07) is 7.77. The Morgan fingerprint density at radius 3 is 2.88 bits per heavy atom. The van der Waals surface area contributed by atoms with Crippen LogP contribution >= 0.6 is 0 Å². The van der Waals surface area contributed by atoms with Gasteiger partial charge in [0, 0.05) is 5.56 Å². The molecule has 0 unspecified atom stereocenters. The van der Waals surface area contributed by atoms with Crippen LogP contribution in [0.1, 0.15) is 24.2 Å². The van der Waals surface area contributed by atoms with Crippen molar-refractivity contribution in [3.8, 4) is 0 Å². The van der Waals surface area contributed by atoms with Crippen LogP contribution in [0.25, 0.3) is 0 Å². The molecule has 4 rings (SSSR count). The molecule has 17 heavy (non-hydrogen) atoms. The molecule has 90 valence electrons. The summed E-state index contributed by atoms with van der Waals surface area (Å²) < 4.78 is 5.34. The smallest absolute Gasteiger partial charge is 0.210 e. The number of benzene rings is 1. The van der Waals surface area contributed by atoms with Crippen LogP contribution in [0.3, 0.4) is 0 Å². The van der Waals surface area contributed by atoms with Gasteiger partial charge in [-0.05, 0) is 18.6 Å². The van der Waals surface area contributed by atoms with E-state index in [0.717, 1.165) is 11.1 Å². The molecule has 3 atom stereocenters. The Balaban J connectivity index is 2.26. The van der Waals surface area contributed by atoms with Crippen LogP contribution in [0.4, 0.5) is 0 Å². The van der Waals surface area contributed by atoms with Gasteiger partial charge < -0.3 is 9.84 Å². The van der Waals surface area contributed by atoms with E-state index in [-0.39, 0.29) is 6.10 Å². The van der Waals surface area contributed by atoms with Gasteiger partial charge in [-0.15, -0.1) is 0 Å². The Morgan fingerprint density at radius 1 is 1.41 bits per heavy atom. The van der Waals surface area contributed by atoms with Gasteiger partial charge in [0.25, 0.3) is 0 Å². The number of hydrogen-bond donors (Lipinski definition) is 1. The second-order valence-electron chi connectivity index (χ2n) is 4.33. The normalized spacial score (nSPS) is 31.7. The lowest BCUT2D eigenvalue weighted by Crippen LogP contribution is -2.49. The summed E-state index contributed by atoms with van der Waals surface area (Å²) in [7, 11) is 1.57. The number of aliphatic hydroxyl groups excluding tert-OH is 1. The average molecular weight is 234 g/mol. The molecule has 0 fully saturated rings. The standard InChI is InChI=1S/C13H14O4/c1-8(14)13-10-6-4-3-5-9(10)11(16-17-13)7-12(13)15-2/h3-8,11,14H,1-2H3/t8-,11+,13+/m1/s1. The third-order valence-corrected chi connectivity index (χ3v) is 3.43. The summed E-state index contributed by atoms with van der Waals surface area (Å²) in [4.78, 5) is 10.7. The van der Waals surface area contributed by atoms with E-state index in [2.05, 4.69) is 0 Å². The van der Waals surface area contributed by atoms with Gasteiger partial charge in [0.05, 0.1) is 13.2 Å². The number of aliphatic hydroxyl groups is 1. The lowest BCUT2D eigenvalue weighted by molar-refractivity contribution is -0.415. The van der Waals surface area contributed by atoms with Crippen LogP contribution in [0.5, 0.6) is 0 Å². The van der Waals surface area contributed by atoms with Crippen molar-refractivity contribution in [2.24, 2.45) is 0 Å². The number of ether oxygens (including phenoxy) is 1. The molecule has 0 aromatic heterocycles. The van der Waals surface area contributed by atoms with Gasteiger partial charge in [-0.1, -0.05) is 24.3 Å². The molecule has 1 N–H and O–H groups in total. The van der Waals surface area contributed by atoms with Crippen molar-refractivity contribution in [3.63, 3.8) is 0 Å². The third-order valence-electron chi connectivity index (χ3n) is 3.43. The molecule has 0 saturated heterocycles. The van der Waals surface area contributed by atoms with E-state index in [4.69, 9.17) is 14.5 Å². The van der Waals surface area contributed by atoms with Crippen molar-refractivity contribution in [1.82, 2.24) is 0 Å². The lowest BCUT2D eigenvalue weighted by atomic mass is 9.77. The fourth-order valence-corrected chi connectivity index (χ4v) is 2.58. The highest BCUT2D eigenvalue weighted by atomic mass is 17.2. The van der Waals surface area contributed by atoms with Crippen molar-refractivity contribution >= 4 is 0 Å². The molecule has 4 heteroatoms. The summed E-state index contributed by atoms with van der Waals surface area (Å²) in [5, 5.41) is 10.1. The first-order valence-corrected chi connectivity index (χ1v) is 5.58. The van der Waals surface area contributed by atoms with Crippen molar-refractivity contribution in [2.75, 3.05) is 7.11 Å². The quantitative estimate of drug-likeness (QED) is 0.793. The monoisotopic (exact) mass is 234 g/mol. The van der Waals surface area contributed by atoms with Crippen molar-refractivity contribution in [3.05, 3.63) is 47.2 Å². The van der Waals surface area contributed by atoms with E-state index >= 15 is 0 Å². The largest absolute Gasteiger partial charge is 0.498 e. The van der Waals surface area contributed by atoms with Crippen LogP contribution < -0.4 is 0 Å². The molecule has 1 aromatic rings. The Kier molecular flexibility index (Phi) is 2.26. The third kappa shape index (κ3) is 1.23. The summed E-state index contributed by atoms with van der Waals surface area (Å²) in [6.07, 6.45) is 0.816. The fourth-order valence-electron chi connectivity index (χ4n) is 2.58. The van der Waals surface area contributed by atoms with E-state index < -0.39 is 11.7 Å². The number of rotatable bonds is 2. The van der Waals surface area contributed by atoms with Crippen molar-refractivity contribution < 1.29 is 19.6 Å². The number of hydrogen-bond acceptors (Lipinski definition) is 4. The summed E-state index contributed by atoms with van der Waals surface area (Å²) in [5.41, 5.74) is 0.881. The van der Waals surface area contributed by atoms with E-state index in [9.17, 15) is 5.11 Å². The molecule has 1 aliphatic carbocycles. The molecular formula is C13H14O4. The van der Waals surface area contributed by atoms with Crippen molar-refractivity contribution in [1.29, 1.82) is 0 Å². The maximum absolute atomic E-state index is 10.1. The predicted octanol–water partition coefficient (Wildman–Crippen LogP) is 1.81. The highest BCUT2D eigenvalue weighted by Gasteiger charge is 2.54. The first-order valence-electron chi connectivity index (χ1n) is 5.58. The van der Waals surface area contributed by atoms with Crippen LogP contribution in [-0.2, 0) is 20.1 Å². The molecule has 2 aliphatic heterocycles. The molecule has 3 aliphatic rings. The second kappa shape index (κ2) is 3.57. The molecule has 0 spiro atoms. The number of methoxy groups -OCH3 is 1. The topological polar surface area (TPSA) is 47.9 Å². The zero-order chi connectivity index (χ0) is 12.0. The van der Waals surface area contributed by atoms with Gasteiger partial charge in [-0.2, -0.15) is 0 Å². The van der Waals surface area contributed by atoms with Gasteiger partial charge in [0.15, 0.2) is 0 Å². The molecule has 0 saturated carbocycles. The first kappa shape index (κ1) is 10.8.